The van der Waals surface area contributed by atoms with E-state index in [0.717, 1.165) is 22.6 Å². The molecule has 1 heterocycles. The number of benzene rings is 2. The molecule has 0 aromatic heterocycles. The van der Waals surface area contributed by atoms with Gasteiger partial charge in [0.1, 0.15) is 0 Å². The summed E-state index contributed by atoms with van der Waals surface area (Å²) in [6, 6.07) is 18.0. The standard InChI is InChI=1S/C18H20N2OS/c1-18(2)20-16(12-22-18)17(21)19-15-10-6-9-14(11-15)13-7-4-3-5-8-13/h3-11,16,20H,12H2,1-2H3,(H,19,21). The average Bonchev–Trinajstić information content (AvgIpc) is 2.89. The van der Waals surface area contributed by atoms with Crippen LogP contribution in [-0.4, -0.2) is 22.6 Å². The van der Waals surface area contributed by atoms with Crippen LogP contribution in [0.3, 0.4) is 0 Å². The van der Waals surface area contributed by atoms with Gasteiger partial charge >= 0.3 is 0 Å². The van der Waals surface area contributed by atoms with Crippen LogP contribution in [-0.2, 0) is 4.79 Å². The molecule has 2 N–H and O–H groups in total. The molecule has 0 aliphatic carbocycles. The van der Waals surface area contributed by atoms with Crippen LogP contribution < -0.4 is 10.6 Å². The Kier molecular flexibility index (Phi) is 4.23. The maximum atomic E-state index is 12.4. The van der Waals surface area contributed by atoms with Gasteiger partial charge in [-0.2, -0.15) is 0 Å². The van der Waals surface area contributed by atoms with Crippen LogP contribution in [0.2, 0.25) is 0 Å². The lowest BCUT2D eigenvalue weighted by Gasteiger charge is -2.18. The highest BCUT2D eigenvalue weighted by molar-refractivity contribution is 8.00. The van der Waals surface area contributed by atoms with Gasteiger partial charge in [0, 0.05) is 11.4 Å². The first kappa shape index (κ1) is 15.1. The number of rotatable bonds is 3. The molecular weight excluding hydrogens is 292 g/mol. The quantitative estimate of drug-likeness (QED) is 0.907. The van der Waals surface area contributed by atoms with Crippen molar-refractivity contribution in [2.75, 3.05) is 11.1 Å². The van der Waals surface area contributed by atoms with Crippen molar-refractivity contribution in [3.63, 3.8) is 0 Å². The molecule has 0 radical (unpaired) electrons. The normalized spacial score (nSPS) is 19.8. The lowest BCUT2D eigenvalue weighted by molar-refractivity contribution is -0.117. The first-order chi connectivity index (χ1) is 10.5. The van der Waals surface area contributed by atoms with E-state index in [1.54, 1.807) is 11.8 Å². The summed E-state index contributed by atoms with van der Waals surface area (Å²) in [4.78, 5) is 12.3. The molecule has 1 atom stereocenters. The van der Waals surface area contributed by atoms with E-state index in [-0.39, 0.29) is 16.8 Å². The number of thioether (sulfide) groups is 1. The van der Waals surface area contributed by atoms with Crippen LogP contribution in [0.5, 0.6) is 0 Å². The molecule has 1 unspecified atom stereocenters. The molecule has 114 valence electrons. The molecule has 0 spiro atoms. The summed E-state index contributed by atoms with van der Waals surface area (Å²) in [5.74, 6) is 0.834. The van der Waals surface area contributed by atoms with E-state index >= 15 is 0 Å². The maximum absolute atomic E-state index is 12.4. The van der Waals surface area contributed by atoms with E-state index in [9.17, 15) is 4.79 Å². The Hall–Kier alpha value is -1.78. The van der Waals surface area contributed by atoms with Crippen molar-refractivity contribution in [1.82, 2.24) is 5.32 Å². The Bertz CT molecular complexity index is 670. The predicted molar refractivity (Wildman–Crippen MR) is 94.0 cm³/mol. The van der Waals surface area contributed by atoms with E-state index in [2.05, 4.69) is 42.7 Å². The van der Waals surface area contributed by atoms with Crippen LogP contribution in [0.15, 0.2) is 54.6 Å². The maximum Gasteiger partial charge on any atom is 0.242 e. The molecule has 22 heavy (non-hydrogen) atoms. The minimum Gasteiger partial charge on any atom is -0.325 e. The van der Waals surface area contributed by atoms with Crippen molar-refractivity contribution in [3.8, 4) is 11.1 Å². The summed E-state index contributed by atoms with van der Waals surface area (Å²) in [6.07, 6.45) is 0. The van der Waals surface area contributed by atoms with Gasteiger partial charge in [0.2, 0.25) is 5.91 Å². The molecule has 2 aromatic rings. The van der Waals surface area contributed by atoms with E-state index in [1.165, 1.54) is 0 Å². The first-order valence-electron chi connectivity index (χ1n) is 7.41. The largest absolute Gasteiger partial charge is 0.325 e. The summed E-state index contributed by atoms with van der Waals surface area (Å²) in [7, 11) is 0. The Morgan fingerprint density at radius 3 is 2.55 bits per heavy atom. The fourth-order valence-corrected chi connectivity index (χ4v) is 3.62. The van der Waals surface area contributed by atoms with Crippen molar-refractivity contribution in [1.29, 1.82) is 0 Å². The van der Waals surface area contributed by atoms with Gasteiger partial charge in [-0.05, 0) is 37.1 Å². The molecule has 0 saturated carbocycles. The monoisotopic (exact) mass is 312 g/mol. The first-order valence-corrected chi connectivity index (χ1v) is 8.40. The molecule has 1 amide bonds. The summed E-state index contributed by atoms with van der Waals surface area (Å²) >= 11 is 1.77. The van der Waals surface area contributed by atoms with Crippen molar-refractivity contribution >= 4 is 23.4 Å². The highest BCUT2D eigenvalue weighted by atomic mass is 32.2. The van der Waals surface area contributed by atoms with Gasteiger partial charge in [0.05, 0.1) is 10.9 Å². The van der Waals surface area contributed by atoms with Crippen LogP contribution in [0, 0.1) is 0 Å². The van der Waals surface area contributed by atoms with Crippen LogP contribution in [0.25, 0.3) is 11.1 Å². The van der Waals surface area contributed by atoms with Gasteiger partial charge in [-0.1, -0.05) is 42.5 Å². The number of amides is 1. The second kappa shape index (κ2) is 6.15. The van der Waals surface area contributed by atoms with Gasteiger partial charge in [-0.3, -0.25) is 10.1 Å². The Morgan fingerprint density at radius 2 is 1.86 bits per heavy atom. The predicted octanol–water partition coefficient (Wildman–Crippen LogP) is 3.73. The second-order valence-corrected chi connectivity index (χ2v) is 7.60. The zero-order valence-corrected chi connectivity index (χ0v) is 13.6. The second-order valence-electron chi connectivity index (χ2n) is 5.95. The zero-order valence-electron chi connectivity index (χ0n) is 12.8. The van der Waals surface area contributed by atoms with Gasteiger partial charge in [0.15, 0.2) is 0 Å². The molecule has 3 nitrogen and oxygen atoms in total. The highest BCUT2D eigenvalue weighted by Crippen LogP contribution is 2.30. The van der Waals surface area contributed by atoms with E-state index in [4.69, 9.17) is 0 Å². The SMILES string of the molecule is CC1(C)NC(C(=O)Nc2cccc(-c3ccccc3)c2)CS1. The summed E-state index contributed by atoms with van der Waals surface area (Å²) in [6.45, 7) is 4.20. The van der Waals surface area contributed by atoms with E-state index in [0.29, 0.717) is 0 Å². The highest BCUT2D eigenvalue weighted by Gasteiger charge is 2.34. The third kappa shape index (κ3) is 3.51. The van der Waals surface area contributed by atoms with Crippen molar-refractivity contribution in [2.24, 2.45) is 0 Å². The number of hydrogen-bond acceptors (Lipinski definition) is 3. The number of carbonyl (C=O) groups excluding carboxylic acids is 1. The van der Waals surface area contributed by atoms with Crippen molar-refractivity contribution < 1.29 is 4.79 Å². The lowest BCUT2D eigenvalue weighted by Crippen LogP contribution is -2.43. The Morgan fingerprint density at radius 1 is 1.14 bits per heavy atom. The molecule has 4 heteroatoms. The van der Waals surface area contributed by atoms with Gasteiger partial charge < -0.3 is 5.32 Å². The summed E-state index contributed by atoms with van der Waals surface area (Å²) in [5.41, 5.74) is 3.09. The third-order valence-corrected chi connectivity index (χ3v) is 5.03. The molecule has 1 fully saturated rings. The van der Waals surface area contributed by atoms with Crippen LogP contribution in [0.4, 0.5) is 5.69 Å². The molecule has 1 saturated heterocycles. The van der Waals surface area contributed by atoms with Gasteiger partial charge in [-0.15, -0.1) is 11.8 Å². The van der Waals surface area contributed by atoms with Crippen molar-refractivity contribution in [3.05, 3.63) is 54.6 Å². The molecule has 1 aliphatic heterocycles. The molecule has 3 rings (SSSR count). The number of hydrogen-bond donors (Lipinski definition) is 2. The van der Waals surface area contributed by atoms with Crippen molar-refractivity contribution in [2.45, 2.75) is 24.8 Å². The summed E-state index contributed by atoms with van der Waals surface area (Å²) in [5, 5.41) is 6.36. The van der Waals surface area contributed by atoms with E-state index < -0.39 is 0 Å². The minimum absolute atomic E-state index is 0.0308. The lowest BCUT2D eigenvalue weighted by atomic mass is 10.1. The third-order valence-electron chi connectivity index (χ3n) is 3.69. The fourth-order valence-electron chi connectivity index (χ4n) is 2.57. The zero-order chi connectivity index (χ0) is 15.6. The molecular formula is C18H20N2OS. The van der Waals surface area contributed by atoms with Crippen LogP contribution >= 0.6 is 11.8 Å². The fraction of sp³-hybridized carbons (Fsp3) is 0.278. The Labute approximate surface area is 135 Å². The molecule has 1 aliphatic rings. The molecule has 0 bridgehead atoms. The minimum atomic E-state index is -0.139. The van der Waals surface area contributed by atoms with E-state index in [1.807, 2.05) is 36.4 Å². The van der Waals surface area contributed by atoms with Gasteiger partial charge in [0.25, 0.3) is 0 Å². The van der Waals surface area contributed by atoms with Gasteiger partial charge in [-0.25, -0.2) is 0 Å². The topological polar surface area (TPSA) is 41.1 Å². The smallest absolute Gasteiger partial charge is 0.242 e. The molecule has 2 aromatic carbocycles. The Balaban J connectivity index is 1.72. The number of nitrogens with one attached hydrogen (secondary N) is 2. The van der Waals surface area contributed by atoms with Crippen LogP contribution in [0.1, 0.15) is 13.8 Å². The average molecular weight is 312 g/mol. The number of carbonyl (C=O) groups is 1. The number of anilines is 1. The summed E-state index contributed by atoms with van der Waals surface area (Å²) < 4.78 is 0.